The Labute approximate surface area is 115 Å². The van der Waals surface area contributed by atoms with Crippen LogP contribution >= 0.6 is 0 Å². The topological polar surface area (TPSA) is 47.6 Å². The van der Waals surface area contributed by atoms with E-state index in [0.29, 0.717) is 5.56 Å². The average Bonchev–Trinajstić information content (AvgIpc) is 3.04. The van der Waals surface area contributed by atoms with Gasteiger partial charge in [0.1, 0.15) is 0 Å². The fraction of sp³-hybridized carbons (Fsp3) is 0.0625. The standard InChI is InChI=1S/C16H11NO3/c18-15-12-8-4-5-9-13(12)16(19-15)10-14(17-20-16)11-6-2-1-3-7-11/h1-10,17H. The first-order chi connectivity index (χ1) is 9.78. The van der Waals surface area contributed by atoms with Gasteiger partial charge in [0.2, 0.25) is 0 Å². The summed E-state index contributed by atoms with van der Waals surface area (Å²) in [5, 5.41) is 0. The van der Waals surface area contributed by atoms with Crippen LogP contribution in [0.1, 0.15) is 21.5 Å². The molecule has 0 fully saturated rings. The summed E-state index contributed by atoms with van der Waals surface area (Å²) >= 11 is 0. The molecule has 0 saturated heterocycles. The van der Waals surface area contributed by atoms with Crippen molar-refractivity contribution in [3.05, 3.63) is 77.4 Å². The molecule has 0 amide bonds. The molecule has 2 aliphatic heterocycles. The van der Waals surface area contributed by atoms with Crippen molar-refractivity contribution in [1.29, 1.82) is 0 Å². The van der Waals surface area contributed by atoms with Gasteiger partial charge in [-0.15, -0.1) is 0 Å². The molecule has 1 spiro atoms. The molecule has 2 aliphatic rings. The first kappa shape index (κ1) is 11.3. The van der Waals surface area contributed by atoms with Crippen molar-refractivity contribution in [1.82, 2.24) is 5.48 Å². The molecule has 4 nitrogen and oxygen atoms in total. The van der Waals surface area contributed by atoms with E-state index < -0.39 is 5.79 Å². The molecule has 4 rings (SSSR count). The number of hydroxylamine groups is 1. The Balaban J connectivity index is 1.82. The van der Waals surface area contributed by atoms with Gasteiger partial charge >= 0.3 is 5.97 Å². The maximum absolute atomic E-state index is 11.9. The second-order valence-corrected chi connectivity index (χ2v) is 4.73. The lowest BCUT2D eigenvalue weighted by Gasteiger charge is -2.18. The molecular weight excluding hydrogens is 254 g/mol. The highest BCUT2D eigenvalue weighted by Crippen LogP contribution is 2.42. The molecule has 1 atom stereocenters. The van der Waals surface area contributed by atoms with Gasteiger partial charge < -0.3 is 4.74 Å². The zero-order valence-electron chi connectivity index (χ0n) is 10.5. The van der Waals surface area contributed by atoms with Crippen molar-refractivity contribution in [2.24, 2.45) is 0 Å². The molecule has 4 heteroatoms. The van der Waals surface area contributed by atoms with E-state index >= 15 is 0 Å². The van der Waals surface area contributed by atoms with E-state index in [0.717, 1.165) is 16.8 Å². The number of rotatable bonds is 1. The molecule has 2 aromatic carbocycles. The first-order valence-corrected chi connectivity index (χ1v) is 6.34. The summed E-state index contributed by atoms with van der Waals surface area (Å²) in [4.78, 5) is 17.5. The molecule has 0 saturated carbocycles. The summed E-state index contributed by atoms with van der Waals surface area (Å²) in [5.74, 6) is -1.52. The lowest BCUT2D eigenvalue weighted by Crippen LogP contribution is -2.26. The zero-order chi connectivity index (χ0) is 13.6. The third-order valence-corrected chi connectivity index (χ3v) is 3.50. The molecule has 98 valence electrons. The Morgan fingerprint density at radius 3 is 2.55 bits per heavy atom. The number of fused-ring (bicyclic) bond motifs is 2. The normalized spacial score (nSPS) is 23.2. The molecule has 1 N–H and O–H groups in total. The molecular formula is C16H11NO3. The van der Waals surface area contributed by atoms with Gasteiger partial charge in [-0.25, -0.2) is 9.63 Å². The first-order valence-electron chi connectivity index (χ1n) is 6.34. The van der Waals surface area contributed by atoms with Crippen LogP contribution in [0.15, 0.2) is 60.7 Å². The smallest absolute Gasteiger partial charge is 0.341 e. The maximum atomic E-state index is 11.9. The van der Waals surface area contributed by atoms with Crippen molar-refractivity contribution in [2.45, 2.75) is 5.79 Å². The van der Waals surface area contributed by atoms with Gasteiger partial charge in [0.05, 0.1) is 11.3 Å². The average molecular weight is 265 g/mol. The highest BCUT2D eigenvalue weighted by atomic mass is 16.8. The van der Waals surface area contributed by atoms with Crippen molar-refractivity contribution in [2.75, 3.05) is 0 Å². The van der Waals surface area contributed by atoms with Gasteiger partial charge in [-0.2, -0.15) is 0 Å². The molecule has 0 bridgehead atoms. The SMILES string of the molecule is O=C1OC2(C=C(c3ccccc3)NO2)c2ccccc21. The summed E-state index contributed by atoms with van der Waals surface area (Å²) in [5.41, 5.74) is 5.88. The Kier molecular flexibility index (Phi) is 2.22. The van der Waals surface area contributed by atoms with Crippen LogP contribution in [0.5, 0.6) is 0 Å². The number of carbonyl (C=O) groups is 1. The third-order valence-electron chi connectivity index (χ3n) is 3.50. The molecule has 2 heterocycles. The van der Waals surface area contributed by atoms with E-state index in [9.17, 15) is 4.79 Å². The van der Waals surface area contributed by atoms with Crippen molar-refractivity contribution in [3.63, 3.8) is 0 Å². The van der Waals surface area contributed by atoms with Gasteiger partial charge in [0.25, 0.3) is 5.79 Å². The fourth-order valence-electron chi connectivity index (χ4n) is 2.54. The Bertz CT molecular complexity index is 724. The fourth-order valence-corrected chi connectivity index (χ4v) is 2.54. The number of esters is 1. The Hall–Kier alpha value is -2.59. The van der Waals surface area contributed by atoms with Crippen molar-refractivity contribution >= 4 is 11.7 Å². The second kappa shape index (κ2) is 3.95. The third kappa shape index (κ3) is 1.49. The minimum atomic E-state index is -1.15. The molecule has 0 aromatic heterocycles. The van der Waals surface area contributed by atoms with Gasteiger partial charge in [0.15, 0.2) is 0 Å². The quantitative estimate of drug-likeness (QED) is 0.805. The second-order valence-electron chi connectivity index (χ2n) is 4.73. The number of carbonyl (C=O) groups excluding carboxylic acids is 1. The highest BCUT2D eigenvalue weighted by molar-refractivity contribution is 5.95. The number of hydrogen-bond donors (Lipinski definition) is 1. The van der Waals surface area contributed by atoms with E-state index in [1.54, 1.807) is 12.1 Å². The van der Waals surface area contributed by atoms with Crippen molar-refractivity contribution in [3.8, 4) is 0 Å². The van der Waals surface area contributed by atoms with Gasteiger partial charge in [-0.3, -0.25) is 5.48 Å². The van der Waals surface area contributed by atoms with Crippen LogP contribution in [0.2, 0.25) is 0 Å². The number of hydrogen-bond acceptors (Lipinski definition) is 4. The summed E-state index contributed by atoms with van der Waals surface area (Å²) in [7, 11) is 0. The van der Waals surface area contributed by atoms with Crippen LogP contribution in [0, 0.1) is 0 Å². The van der Waals surface area contributed by atoms with Crippen LogP contribution in [0.25, 0.3) is 5.70 Å². The predicted molar refractivity (Wildman–Crippen MR) is 72.2 cm³/mol. The number of ether oxygens (including phenoxy) is 1. The maximum Gasteiger partial charge on any atom is 0.341 e. The van der Waals surface area contributed by atoms with Gasteiger partial charge in [0, 0.05) is 11.6 Å². The lowest BCUT2D eigenvalue weighted by atomic mass is 10.0. The molecule has 20 heavy (non-hydrogen) atoms. The van der Waals surface area contributed by atoms with Crippen LogP contribution in [0.4, 0.5) is 0 Å². The summed E-state index contributed by atoms with van der Waals surface area (Å²) in [6.45, 7) is 0. The van der Waals surface area contributed by atoms with E-state index in [4.69, 9.17) is 9.57 Å². The van der Waals surface area contributed by atoms with E-state index in [2.05, 4.69) is 5.48 Å². The largest absolute Gasteiger partial charge is 0.419 e. The molecule has 2 aromatic rings. The Morgan fingerprint density at radius 1 is 0.950 bits per heavy atom. The minimum Gasteiger partial charge on any atom is -0.419 e. The monoisotopic (exact) mass is 265 g/mol. The molecule has 0 radical (unpaired) electrons. The van der Waals surface area contributed by atoms with Crippen LogP contribution in [0.3, 0.4) is 0 Å². The van der Waals surface area contributed by atoms with Crippen molar-refractivity contribution < 1.29 is 14.4 Å². The number of nitrogens with one attached hydrogen (secondary N) is 1. The highest BCUT2D eigenvalue weighted by Gasteiger charge is 2.49. The van der Waals surface area contributed by atoms with Gasteiger partial charge in [-0.1, -0.05) is 48.5 Å². The van der Waals surface area contributed by atoms with E-state index in [-0.39, 0.29) is 5.97 Å². The van der Waals surface area contributed by atoms with Crippen LogP contribution in [-0.2, 0) is 15.4 Å². The molecule has 1 unspecified atom stereocenters. The molecule has 0 aliphatic carbocycles. The zero-order valence-corrected chi connectivity index (χ0v) is 10.5. The Morgan fingerprint density at radius 2 is 1.70 bits per heavy atom. The summed E-state index contributed by atoms with van der Waals surface area (Å²) < 4.78 is 5.43. The minimum absolute atomic E-state index is 0.368. The summed E-state index contributed by atoms with van der Waals surface area (Å²) in [6, 6.07) is 17.0. The predicted octanol–water partition coefficient (Wildman–Crippen LogP) is 2.59. The van der Waals surface area contributed by atoms with E-state index in [1.807, 2.05) is 48.5 Å². The lowest BCUT2D eigenvalue weighted by molar-refractivity contribution is -0.181. The summed E-state index contributed by atoms with van der Waals surface area (Å²) in [6.07, 6.45) is 1.80. The van der Waals surface area contributed by atoms with Crippen LogP contribution < -0.4 is 5.48 Å². The van der Waals surface area contributed by atoms with Gasteiger partial charge in [-0.05, 0) is 11.6 Å². The van der Waals surface area contributed by atoms with E-state index in [1.165, 1.54) is 0 Å². The number of benzene rings is 2. The van der Waals surface area contributed by atoms with Crippen LogP contribution in [-0.4, -0.2) is 5.97 Å².